The van der Waals surface area contributed by atoms with Gasteiger partial charge >= 0.3 is 6.61 Å². The van der Waals surface area contributed by atoms with Crippen LogP contribution in [0.3, 0.4) is 0 Å². The number of halogens is 2. The van der Waals surface area contributed by atoms with Crippen LogP contribution in [0.25, 0.3) is 0 Å². The van der Waals surface area contributed by atoms with Crippen LogP contribution in [0.15, 0.2) is 53.4 Å². The number of hydrogen-bond donors (Lipinski definition) is 1. The molecule has 0 unspecified atom stereocenters. The molecule has 0 radical (unpaired) electrons. The lowest BCUT2D eigenvalue weighted by molar-refractivity contribution is -0.118. The summed E-state index contributed by atoms with van der Waals surface area (Å²) in [6.45, 7) is -2.72. The number of rotatable bonds is 8. The van der Waals surface area contributed by atoms with Crippen molar-refractivity contribution in [1.82, 2.24) is 5.32 Å². The molecule has 0 atom stereocenters. The van der Waals surface area contributed by atoms with Crippen LogP contribution in [0.4, 0.5) is 8.78 Å². The van der Waals surface area contributed by atoms with E-state index in [-0.39, 0.29) is 29.7 Å². The summed E-state index contributed by atoms with van der Waals surface area (Å²) in [5.41, 5.74) is 0.643. The normalized spacial score (nSPS) is 10.5. The van der Waals surface area contributed by atoms with Crippen LogP contribution in [0.5, 0.6) is 11.5 Å². The number of carbonyl (C=O) groups is 1. The van der Waals surface area contributed by atoms with Crippen LogP contribution in [0, 0.1) is 0 Å². The highest BCUT2D eigenvalue weighted by atomic mass is 32.2. The second kappa shape index (κ2) is 9.12. The van der Waals surface area contributed by atoms with Crippen LogP contribution in [-0.4, -0.2) is 25.4 Å². The Morgan fingerprint density at radius 3 is 2.58 bits per heavy atom. The number of amides is 1. The Balaban J connectivity index is 1.87. The minimum absolute atomic E-state index is 0.0575. The summed E-state index contributed by atoms with van der Waals surface area (Å²) in [5, 5.41) is 2.74. The van der Waals surface area contributed by atoms with E-state index in [0.717, 1.165) is 4.90 Å². The molecule has 0 aliphatic rings. The zero-order valence-electron chi connectivity index (χ0n) is 13.0. The summed E-state index contributed by atoms with van der Waals surface area (Å²) in [6, 6.07) is 14.2. The van der Waals surface area contributed by atoms with Crippen molar-refractivity contribution in [2.75, 3.05) is 12.9 Å². The van der Waals surface area contributed by atoms with Crippen LogP contribution < -0.4 is 14.8 Å². The van der Waals surface area contributed by atoms with E-state index in [1.165, 1.54) is 31.0 Å². The third kappa shape index (κ3) is 5.73. The summed E-state index contributed by atoms with van der Waals surface area (Å²) in [7, 11) is 1.37. The number of benzene rings is 2. The van der Waals surface area contributed by atoms with E-state index in [1.54, 1.807) is 6.07 Å². The zero-order valence-corrected chi connectivity index (χ0v) is 13.8. The first kappa shape index (κ1) is 18.1. The first-order valence-corrected chi connectivity index (χ1v) is 8.13. The van der Waals surface area contributed by atoms with E-state index in [1.807, 2.05) is 30.3 Å². The van der Waals surface area contributed by atoms with Crippen molar-refractivity contribution >= 4 is 17.7 Å². The third-order valence-corrected chi connectivity index (χ3v) is 4.06. The molecule has 0 aromatic heterocycles. The first-order valence-electron chi connectivity index (χ1n) is 7.14. The van der Waals surface area contributed by atoms with Gasteiger partial charge in [0.05, 0.1) is 12.9 Å². The SMILES string of the molecule is COc1ccc(CNC(=O)CSc2ccccc2)cc1OC(F)F. The molecule has 0 aliphatic heterocycles. The molecule has 2 rings (SSSR count). The van der Waals surface area contributed by atoms with Crippen molar-refractivity contribution in [3.8, 4) is 11.5 Å². The molecule has 0 spiro atoms. The van der Waals surface area contributed by atoms with E-state index in [0.29, 0.717) is 5.56 Å². The Morgan fingerprint density at radius 1 is 1.17 bits per heavy atom. The lowest BCUT2D eigenvalue weighted by Crippen LogP contribution is -2.24. The van der Waals surface area contributed by atoms with Gasteiger partial charge in [-0.05, 0) is 29.8 Å². The summed E-state index contributed by atoms with van der Waals surface area (Å²) >= 11 is 1.43. The Morgan fingerprint density at radius 2 is 1.92 bits per heavy atom. The number of alkyl halides is 2. The monoisotopic (exact) mass is 353 g/mol. The van der Waals surface area contributed by atoms with Gasteiger partial charge in [-0.25, -0.2) is 0 Å². The van der Waals surface area contributed by atoms with Crippen molar-refractivity contribution in [1.29, 1.82) is 0 Å². The molecule has 0 saturated heterocycles. The standard InChI is InChI=1S/C17H17F2NO3S/c1-22-14-8-7-12(9-15(14)23-17(18)19)10-20-16(21)11-24-13-5-3-2-4-6-13/h2-9,17H,10-11H2,1H3,(H,20,21). The molecule has 4 nitrogen and oxygen atoms in total. The molecule has 1 amide bonds. The molecule has 0 fully saturated rings. The van der Waals surface area contributed by atoms with Gasteiger partial charge in [0.1, 0.15) is 0 Å². The largest absolute Gasteiger partial charge is 0.493 e. The summed E-state index contributed by atoms with van der Waals surface area (Å²) in [5.74, 6) is 0.291. The molecule has 7 heteroatoms. The Labute approximate surface area is 143 Å². The Bertz CT molecular complexity index is 668. The average Bonchev–Trinajstić information content (AvgIpc) is 2.58. The smallest absolute Gasteiger partial charge is 0.387 e. The second-order valence-electron chi connectivity index (χ2n) is 4.74. The molecule has 0 aliphatic carbocycles. The molecule has 1 N–H and O–H groups in total. The maximum atomic E-state index is 12.4. The quantitative estimate of drug-likeness (QED) is 0.735. The van der Waals surface area contributed by atoms with Gasteiger partial charge in [0.2, 0.25) is 5.91 Å². The van der Waals surface area contributed by atoms with Gasteiger partial charge < -0.3 is 14.8 Å². The van der Waals surface area contributed by atoms with E-state index in [2.05, 4.69) is 10.1 Å². The highest BCUT2D eigenvalue weighted by Gasteiger charge is 2.11. The van der Waals surface area contributed by atoms with Crippen LogP contribution >= 0.6 is 11.8 Å². The summed E-state index contributed by atoms with van der Waals surface area (Å²) in [4.78, 5) is 12.9. The number of thioether (sulfide) groups is 1. The fourth-order valence-electron chi connectivity index (χ4n) is 1.94. The Kier molecular flexibility index (Phi) is 6.87. The molecule has 24 heavy (non-hydrogen) atoms. The fourth-order valence-corrected chi connectivity index (χ4v) is 2.69. The molecule has 2 aromatic rings. The van der Waals surface area contributed by atoms with Gasteiger partial charge in [-0.3, -0.25) is 4.79 Å². The number of ether oxygens (including phenoxy) is 2. The molecule has 0 bridgehead atoms. The molecule has 2 aromatic carbocycles. The molecular formula is C17H17F2NO3S. The van der Waals surface area contributed by atoms with Crippen molar-refractivity contribution in [3.05, 3.63) is 54.1 Å². The van der Waals surface area contributed by atoms with E-state index in [4.69, 9.17) is 4.74 Å². The number of carbonyl (C=O) groups excluding carboxylic acids is 1. The second-order valence-corrected chi connectivity index (χ2v) is 5.79. The topological polar surface area (TPSA) is 47.6 Å². The molecule has 0 saturated carbocycles. The first-order chi connectivity index (χ1) is 11.6. The average molecular weight is 353 g/mol. The van der Waals surface area contributed by atoms with Gasteiger partial charge in [0.15, 0.2) is 11.5 Å². The lowest BCUT2D eigenvalue weighted by Gasteiger charge is -2.12. The van der Waals surface area contributed by atoms with Crippen molar-refractivity contribution in [3.63, 3.8) is 0 Å². The predicted octanol–water partition coefficient (Wildman–Crippen LogP) is 3.71. The minimum atomic E-state index is -2.94. The highest BCUT2D eigenvalue weighted by molar-refractivity contribution is 8.00. The van der Waals surface area contributed by atoms with Crippen molar-refractivity contribution < 1.29 is 23.0 Å². The number of hydrogen-bond acceptors (Lipinski definition) is 4. The van der Waals surface area contributed by atoms with Crippen molar-refractivity contribution in [2.45, 2.75) is 18.1 Å². The minimum Gasteiger partial charge on any atom is -0.493 e. The van der Waals surface area contributed by atoms with Crippen LogP contribution in [0.1, 0.15) is 5.56 Å². The summed E-state index contributed by atoms with van der Waals surface area (Å²) < 4.78 is 34.2. The van der Waals surface area contributed by atoms with Gasteiger partial charge in [0.25, 0.3) is 0 Å². The molecular weight excluding hydrogens is 336 g/mol. The van der Waals surface area contributed by atoms with E-state index < -0.39 is 6.61 Å². The maximum Gasteiger partial charge on any atom is 0.387 e. The van der Waals surface area contributed by atoms with Gasteiger partial charge in [-0.2, -0.15) is 8.78 Å². The van der Waals surface area contributed by atoms with Gasteiger partial charge in [-0.15, -0.1) is 11.8 Å². The molecule has 0 heterocycles. The van der Waals surface area contributed by atoms with Gasteiger partial charge in [-0.1, -0.05) is 24.3 Å². The highest BCUT2D eigenvalue weighted by Crippen LogP contribution is 2.29. The zero-order chi connectivity index (χ0) is 17.4. The number of methoxy groups -OCH3 is 1. The van der Waals surface area contributed by atoms with Gasteiger partial charge in [0, 0.05) is 11.4 Å². The predicted molar refractivity (Wildman–Crippen MR) is 88.6 cm³/mol. The van der Waals surface area contributed by atoms with E-state index in [9.17, 15) is 13.6 Å². The maximum absolute atomic E-state index is 12.4. The number of nitrogens with one attached hydrogen (secondary N) is 1. The third-order valence-electron chi connectivity index (χ3n) is 3.05. The van der Waals surface area contributed by atoms with E-state index >= 15 is 0 Å². The lowest BCUT2D eigenvalue weighted by atomic mass is 10.2. The Hall–Kier alpha value is -2.28. The molecule has 128 valence electrons. The van der Waals surface area contributed by atoms with Crippen LogP contribution in [-0.2, 0) is 11.3 Å². The summed E-state index contributed by atoms with van der Waals surface area (Å²) in [6.07, 6.45) is 0. The van der Waals surface area contributed by atoms with Crippen LogP contribution in [0.2, 0.25) is 0 Å². The fraction of sp³-hybridized carbons (Fsp3) is 0.235. The van der Waals surface area contributed by atoms with Crippen molar-refractivity contribution in [2.24, 2.45) is 0 Å².